The Morgan fingerprint density at radius 1 is 0.930 bits per heavy atom. The lowest BCUT2D eigenvalue weighted by Crippen LogP contribution is -2.41. The number of nitrogens with one attached hydrogen (secondary N) is 1. The van der Waals surface area contributed by atoms with Gasteiger partial charge in [0, 0.05) is 23.0 Å². The van der Waals surface area contributed by atoms with E-state index in [4.69, 9.17) is 9.15 Å². The third kappa shape index (κ3) is 5.00. The van der Waals surface area contributed by atoms with E-state index in [2.05, 4.69) is 4.98 Å². The summed E-state index contributed by atoms with van der Waals surface area (Å²) in [5.74, 6) is -1.78. The quantitative estimate of drug-likeness (QED) is 0.210. The van der Waals surface area contributed by atoms with Crippen LogP contribution in [-0.2, 0) is 18.8 Å². The maximum Gasteiger partial charge on any atom is 0.417 e. The maximum absolute atomic E-state index is 13.9. The van der Waals surface area contributed by atoms with Crippen LogP contribution in [-0.4, -0.2) is 29.4 Å². The molecule has 0 saturated carbocycles. The van der Waals surface area contributed by atoms with E-state index < -0.39 is 46.8 Å². The number of rotatable bonds is 4. The van der Waals surface area contributed by atoms with Crippen LogP contribution in [0.25, 0.3) is 22.2 Å². The highest BCUT2D eigenvalue weighted by Crippen LogP contribution is 2.44. The second kappa shape index (κ2) is 10.2. The van der Waals surface area contributed by atoms with Gasteiger partial charge in [0.05, 0.1) is 29.5 Å². The number of halogens is 7. The first-order valence-electron chi connectivity index (χ1n) is 13.0. The Bertz CT molecular complexity index is 1850. The first-order valence-corrected chi connectivity index (χ1v) is 13.0. The van der Waals surface area contributed by atoms with E-state index in [9.17, 15) is 35.5 Å². The minimum absolute atomic E-state index is 0.0236. The molecule has 1 aliphatic rings. The average molecular weight is 603 g/mol. The van der Waals surface area contributed by atoms with Crippen molar-refractivity contribution in [1.82, 2.24) is 9.88 Å². The molecule has 5 nitrogen and oxygen atoms in total. The number of aromatic amines is 1. The molecule has 0 spiro atoms. The molecule has 222 valence electrons. The number of carbonyl (C=O) groups excluding carboxylic acids is 1. The number of H-pyrrole nitrogens is 1. The summed E-state index contributed by atoms with van der Waals surface area (Å²) in [5.41, 5.74) is -1.58. The van der Waals surface area contributed by atoms with Crippen molar-refractivity contribution in [2.45, 2.75) is 24.8 Å². The number of hydrogen-bond donors (Lipinski definition) is 1. The van der Waals surface area contributed by atoms with Gasteiger partial charge in [0.15, 0.2) is 0 Å². The molecule has 1 atom stereocenters. The normalized spacial score (nSPS) is 15.5. The highest BCUT2D eigenvalue weighted by Gasteiger charge is 2.42. The minimum Gasteiger partial charge on any atom is -0.497 e. The Morgan fingerprint density at radius 2 is 1.67 bits per heavy atom. The molecule has 12 heteroatoms. The predicted molar refractivity (Wildman–Crippen MR) is 142 cm³/mol. The highest BCUT2D eigenvalue weighted by atomic mass is 19.4. The number of carbonyl (C=O) groups is 1. The van der Waals surface area contributed by atoms with Gasteiger partial charge in [-0.15, -0.1) is 0 Å². The lowest BCUT2D eigenvalue weighted by Gasteiger charge is -2.35. The Morgan fingerprint density at radius 3 is 2.40 bits per heavy atom. The summed E-state index contributed by atoms with van der Waals surface area (Å²) in [7, 11) is 1.49. The van der Waals surface area contributed by atoms with Gasteiger partial charge in [0.25, 0.3) is 5.91 Å². The number of alkyl halides is 6. The molecule has 6 rings (SSSR count). The van der Waals surface area contributed by atoms with Gasteiger partial charge < -0.3 is 19.0 Å². The molecular weight excluding hydrogens is 581 g/mol. The fourth-order valence-corrected chi connectivity index (χ4v) is 5.59. The van der Waals surface area contributed by atoms with Crippen LogP contribution in [0.1, 0.15) is 44.5 Å². The topological polar surface area (TPSA) is 58.5 Å². The first kappa shape index (κ1) is 28.4. The van der Waals surface area contributed by atoms with Crippen LogP contribution < -0.4 is 4.74 Å². The number of ether oxygens (including phenoxy) is 1. The molecular formula is C31H21F7N2O3. The van der Waals surface area contributed by atoms with Crippen LogP contribution in [0.15, 0.2) is 77.2 Å². The molecule has 3 heterocycles. The zero-order valence-electron chi connectivity index (χ0n) is 22.2. The SMILES string of the molecule is COc1ccc2[nH]c3c(c2c1)CCN(C(=O)c1ccc(F)cc1C(F)(F)F)[C@@H]3c1ccc(-c2ccccc2C(F)(F)F)o1. The molecule has 1 N–H and O–H groups in total. The van der Waals surface area contributed by atoms with Gasteiger partial charge >= 0.3 is 12.4 Å². The Kier molecular flexibility index (Phi) is 6.74. The van der Waals surface area contributed by atoms with Gasteiger partial charge in [-0.1, -0.05) is 18.2 Å². The van der Waals surface area contributed by atoms with Crippen molar-refractivity contribution < 1.29 is 44.7 Å². The Labute approximate surface area is 239 Å². The Hall–Kier alpha value is -4.74. The number of aromatic nitrogens is 1. The zero-order valence-corrected chi connectivity index (χ0v) is 22.2. The van der Waals surface area contributed by atoms with Crippen LogP contribution in [0, 0.1) is 5.82 Å². The van der Waals surface area contributed by atoms with Crippen molar-refractivity contribution >= 4 is 16.8 Å². The van der Waals surface area contributed by atoms with E-state index in [0.717, 1.165) is 34.0 Å². The molecule has 0 unspecified atom stereocenters. The molecule has 1 amide bonds. The standard InChI is InChI=1S/C31H21F7N2O3/c1-42-17-7-9-24-21(15-17)18-12-13-40(29(41)20-8-6-16(32)14-23(20)31(36,37)38)28(27(18)39-24)26-11-10-25(43-26)19-4-2-3-5-22(19)30(33,34)35/h2-11,14-15,28,39H,12-13H2,1H3/t28-/m1/s1. The minimum atomic E-state index is -5.03. The zero-order chi connectivity index (χ0) is 30.7. The molecule has 1 aliphatic heterocycles. The molecule has 0 radical (unpaired) electrons. The number of methoxy groups -OCH3 is 1. The lowest BCUT2D eigenvalue weighted by molar-refractivity contribution is -0.138. The summed E-state index contributed by atoms with van der Waals surface area (Å²) in [6.45, 7) is -0.0650. The van der Waals surface area contributed by atoms with Crippen molar-refractivity contribution in [3.8, 4) is 17.1 Å². The molecule has 2 aromatic heterocycles. The van der Waals surface area contributed by atoms with Gasteiger partial charge in [0.2, 0.25) is 0 Å². The van der Waals surface area contributed by atoms with Crippen molar-refractivity contribution in [3.63, 3.8) is 0 Å². The molecule has 5 aromatic rings. The summed E-state index contributed by atoms with van der Waals surface area (Å²) < 4.78 is 108. The van der Waals surface area contributed by atoms with Gasteiger partial charge in [-0.05, 0) is 66.6 Å². The fourth-order valence-electron chi connectivity index (χ4n) is 5.59. The van der Waals surface area contributed by atoms with Gasteiger partial charge in [-0.25, -0.2) is 4.39 Å². The number of nitrogens with zero attached hydrogens (tertiary/aromatic N) is 1. The fraction of sp³-hybridized carbons (Fsp3) is 0.194. The van der Waals surface area contributed by atoms with Crippen molar-refractivity contribution in [2.24, 2.45) is 0 Å². The lowest BCUT2D eigenvalue weighted by atomic mass is 9.94. The van der Waals surface area contributed by atoms with Crippen molar-refractivity contribution in [2.75, 3.05) is 13.7 Å². The van der Waals surface area contributed by atoms with Gasteiger partial charge in [0.1, 0.15) is 29.1 Å². The third-order valence-corrected chi connectivity index (χ3v) is 7.51. The molecule has 0 aliphatic carbocycles. The van der Waals surface area contributed by atoms with E-state index >= 15 is 0 Å². The van der Waals surface area contributed by atoms with Crippen molar-refractivity contribution in [3.05, 3.63) is 112 Å². The van der Waals surface area contributed by atoms with Crippen LogP contribution in [0.4, 0.5) is 30.7 Å². The molecule has 0 fully saturated rings. The largest absolute Gasteiger partial charge is 0.497 e. The highest BCUT2D eigenvalue weighted by molar-refractivity contribution is 5.97. The number of furan rings is 1. The molecule has 3 aromatic carbocycles. The maximum atomic E-state index is 13.9. The van der Waals surface area contributed by atoms with E-state index in [1.807, 2.05) is 0 Å². The predicted octanol–water partition coefficient (Wildman–Crippen LogP) is 8.40. The smallest absolute Gasteiger partial charge is 0.417 e. The number of benzene rings is 3. The van der Waals surface area contributed by atoms with Crippen molar-refractivity contribution in [1.29, 1.82) is 0 Å². The summed E-state index contributed by atoms with van der Waals surface area (Å²) in [6.07, 6.45) is -9.48. The van der Waals surface area contributed by atoms with E-state index in [-0.39, 0.29) is 36.1 Å². The second-order valence-electron chi connectivity index (χ2n) is 10.0. The summed E-state index contributed by atoms with van der Waals surface area (Å²) >= 11 is 0. The first-order chi connectivity index (χ1) is 20.4. The monoisotopic (exact) mass is 602 g/mol. The van der Waals surface area contributed by atoms with E-state index in [1.54, 1.807) is 18.2 Å². The number of hydrogen-bond acceptors (Lipinski definition) is 3. The summed E-state index contributed by atoms with van der Waals surface area (Å²) in [6, 6.07) is 13.4. The molecule has 43 heavy (non-hydrogen) atoms. The molecule has 0 saturated heterocycles. The van der Waals surface area contributed by atoms with Gasteiger partial charge in [-0.3, -0.25) is 4.79 Å². The second-order valence-corrected chi connectivity index (χ2v) is 10.0. The average Bonchev–Trinajstić information content (AvgIpc) is 3.60. The Balaban J connectivity index is 1.52. The van der Waals surface area contributed by atoms with Crippen LogP contribution in [0.3, 0.4) is 0 Å². The van der Waals surface area contributed by atoms with Crippen LogP contribution in [0.5, 0.6) is 5.75 Å². The summed E-state index contributed by atoms with van der Waals surface area (Å²) in [4.78, 5) is 18.2. The van der Waals surface area contributed by atoms with E-state index in [0.29, 0.717) is 17.0 Å². The van der Waals surface area contributed by atoms with E-state index in [1.165, 1.54) is 37.4 Å². The van der Waals surface area contributed by atoms with Crippen LogP contribution >= 0.6 is 0 Å². The molecule has 0 bridgehead atoms. The number of fused-ring (bicyclic) bond motifs is 3. The number of amides is 1. The third-order valence-electron chi connectivity index (χ3n) is 7.51. The summed E-state index contributed by atoms with van der Waals surface area (Å²) in [5, 5.41) is 0.749. The van der Waals surface area contributed by atoms with Crippen LogP contribution in [0.2, 0.25) is 0 Å². The van der Waals surface area contributed by atoms with Gasteiger partial charge in [-0.2, -0.15) is 26.3 Å².